The second-order valence-electron chi connectivity index (χ2n) is 7.02. The molecule has 2 nitrogen and oxygen atoms in total. The Morgan fingerprint density at radius 3 is 2.56 bits per heavy atom. The Hall–Kier alpha value is -2.97. The van der Waals surface area contributed by atoms with E-state index in [1.54, 1.807) is 0 Å². The van der Waals surface area contributed by atoms with Gasteiger partial charge in [-0.15, -0.1) is 0 Å². The quantitative estimate of drug-likeness (QED) is 0.298. The molecule has 0 fully saturated rings. The molecule has 0 unspecified atom stereocenters. The minimum absolute atomic E-state index is 0.763. The Balaban J connectivity index is 1.92. The zero-order valence-corrected chi connectivity index (χ0v) is 15.3. The van der Waals surface area contributed by atoms with E-state index in [2.05, 4.69) is 53.1 Å². The van der Waals surface area contributed by atoms with Gasteiger partial charge >= 0.3 is 0 Å². The summed E-state index contributed by atoms with van der Waals surface area (Å²) in [4.78, 5) is 0. The second-order valence-corrected chi connectivity index (χ2v) is 7.43. The third-order valence-electron chi connectivity index (χ3n) is 5.47. The zero-order valence-electron chi connectivity index (χ0n) is 14.6. The summed E-state index contributed by atoms with van der Waals surface area (Å²) in [5.41, 5.74) is 5.16. The molecule has 0 N–H and O–H groups in total. The van der Waals surface area contributed by atoms with Crippen molar-refractivity contribution in [2.45, 2.75) is 12.8 Å². The van der Waals surface area contributed by atoms with Crippen molar-refractivity contribution in [3.8, 4) is 0 Å². The van der Waals surface area contributed by atoms with Gasteiger partial charge in [0, 0.05) is 27.2 Å². The number of nitrogens with zero attached hydrogens (tertiary/aromatic N) is 1. The summed E-state index contributed by atoms with van der Waals surface area (Å²) in [6.07, 6.45) is 8.85. The van der Waals surface area contributed by atoms with Crippen LogP contribution in [0.4, 0.5) is 0 Å². The van der Waals surface area contributed by atoms with Crippen LogP contribution in [-0.4, -0.2) is 4.57 Å². The normalized spacial score (nSPS) is 14.6. The molecule has 1 aliphatic rings. The second kappa shape index (κ2) is 5.51. The molecule has 27 heavy (non-hydrogen) atoms. The van der Waals surface area contributed by atoms with Crippen LogP contribution in [0.3, 0.4) is 0 Å². The molecule has 0 aliphatic heterocycles. The Morgan fingerprint density at radius 2 is 1.70 bits per heavy atom. The molecule has 3 heteroatoms. The fourth-order valence-electron chi connectivity index (χ4n) is 4.31. The first-order chi connectivity index (χ1) is 13.3. The number of hydrogen-bond acceptors (Lipinski definition) is 1. The van der Waals surface area contributed by atoms with Crippen molar-refractivity contribution in [3.63, 3.8) is 0 Å². The molecule has 0 saturated carbocycles. The van der Waals surface area contributed by atoms with E-state index in [4.69, 9.17) is 16.0 Å². The SMILES string of the molecule is Clc1cc2c3ccccc3oc2c2c1c1ccccc1n2C1=CCCC=C1. The summed E-state index contributed by atoms with van der Waals surface area (Å²) >= 11 is 6.83. The van der Waals surface area contributed by atoms with E-state index >= 15 is 0 Å². The van der Waals surface area contributed by atoms with Gasteiger partial charge in [-0.2, -0.15) is 0 Å². The van der Waals surface area contributed by atoms with Crippen LogP contribution < -0.4 is 0 Å². The lowest BCUT2D eigenvalue weighted by Crippen LogP contribution is -1.97. The molecule has 6 rings (SSSR count). The molecule has 2 aromatic heterocycles. The summed E-state index contributed by atoms with van der Waals surface area (Å²) in [7, 11) is 0. The molecule has 5 aromatic rings. The first-order valence-corrected chi connectivity index (χ1v) is 9.61. The van der Waals surface area contributed by atoms with E-state index in [1.165, 1.54) is 5.70 Å². The minimum Gasteiger partial charge on any atom is -0.454 e. The van der Waals surface area contributed by atoms with Crippen LogP contribution in [0.25, 0.3) is 49.4 Å². The van der Waals surface area contributed by atoms with Crippen LogP contribution in [0.15, 0.2) is 77.2 Å². The van der Waals surface area contributed by atoms with E-state index in [9.17, 15) is 0 Å². The molecule has 2 heterocycles. The predicted octanol–water partition coefficient (Wildman–Crippen LogP) is 7.54. The number of rotatable bonds is 1. The third kappa shape index (κ3) is 2.02. The Bertz CT molecular complexity index is 1430. The number of allylic oxidation sites excluding steroid dienone is 4. The van der Waals surface area contributed by atoms with Crippen LogP contribution in [0.5, 0.6) is 0 Å². The summed E-state index contributed by atoms with van der Waals surface area (Å²) in [5.74, 6) is 0. The average Bonchev–Trinajstić information content (AvgIpc) is 3.25. The van der Waals surface area contributed by atoms with Crippen molar-refractivity contribution in [2.75, 3.05) is 0 Å². The summed E-state index contributed by atoms with van der Waals surface area (Å²) in [6.45, 7) is 0. The van der Waals surface area contributed by atoms with Crippen LogP contribution in [-0.2, 0) is 0 Å². The van der Waals surface area contributed by atoms with Gasteiger partial charge < -0.3 is 8.98 Å². The summed E-state index contributed by atoms with van der Waals surface area (Å²) in [6, 6.07) is 18.6. The van der Waals surface area contributed by atoms with Gasteiger partial charge in [0.25, 0.3) is 0 Å². The Morgan fingerprint density at radius 1 is 0.889 bits per heavy atom. The number of fused-ring (bicyclic) bond motifs is 7. The van der Waals surface area contributed by atoms with Crippen molar-refractivity contribution >= 4 is 61.0 Å². The van der Waals surface area contributed by atoms with Crippen molar-refractivity contribution in [2.24, 2.45) is 0 Å². The van der Waals surface area contributed by atoms with Gasteiger partial charge in [-0.05, 0) is 37.1 Å². The van der Waals surface area contributed by atoms with Crippen LogP contribution >= 0.6 is 11.6 Å². The van der Waals surface area contributed by atoms with E-state index < -0.39 is 0 Å². The zero-order chi connectivity index (χ0) is 18.0. The first-order valence-electron chi connectivity index (χ1n) is 9.23. The number of para-hydroxylation sites is 2. The van der Waals surface area contributed by atoms with Crippen molar-refractivity contribution in [1.29, 1.82) is 0 Å². The van der Waals surface area contributed by atoms with E-state index in [1.807, 2.05) is 24.3 Å². The molecule has 0 atom stereocenters. The highest BCUT2D eigenvalue weighted by molar-refractivity contribution is 6.41. The largest absolute Gasteiger partial charge is 0.454 e. The Kier molecular flexibility index (Phi) is 3.09. The van der Waals surface area contributed by atoms with Crippen LogP contribution in [0, 0.1) is 0 Å². The molecule has 0 radical (unpaired) electrons. The van der Waals surface area contributed by atoms with Crippen molar-refractivity contribution in [3.05, 3.63) is 77.8 Å². The molecule has 130 valence electrons. The fraction of sp³-hybridized carbons (Fsp3) is 0.0833. The molecular weight excluding hydrogens is 354 g/mol. The highest BCUT2D eigenvalue weighted by Gasteiger charge is 2.21. The number of benzene rings is 3. The lowest BCUT2D eigenvalue weighted by Gasteiger charge is -2.12. The van der Waals surface area contributed by atoms with Crippen LogP contribution in [0.1, 0.15) is 12.8 Å². The topological polar surface area (TPSA) is 18.1 Å². The molecule has 0 amide bonds. The van der Waals surface area contributed by atoms with Crippen molar-refractivity contribution < 1.29 is 4.42 Å². The van der Waals surface area contributed by atoms with Gasteiger partial charge in [-0.25, -0.2) is 0 Å². The standard InChI is InChI=1S/C24H16ClNO/c25-19-14-18-16-10-5-7-13-21(16)27-24(18)23-22(19)17-11-4-6-12-20(17)26(23)15-8-2-1-3-9-15/h2,4-14H,1,3H2. The van der Waals surface area contributed by atoms with E-state index in [0.29, 0.717) is 0 Å². The highest BCUT2D eigenvalue weighted by Crippen LogP contribution is 2.43. The van der Waals surface area contributed by atoms with Crippen molar-refractivity contribution in [1.82, 2.24) is 4.57 Å². The summed E-state index contributed by atoms with van der Waals surface area (Å²) < 4.78 is 8.65. The van der Waals surface area contributed by atoms with Gasteiger partial charge in [-0.1, -0.05) is 60.2 Å². The van der Waals surface area contributed by atoms with Gasteiger partial charge in [0.2, 0.25) is 0 Å². The third-order valence-corrected chi connectivity index (χ3v) is 5.77. The van der Waals surface area contributed by atoms with Gasteiger partial charge in [0.15, 0.2) is 5.58 Å². The maximum absolute atomic E-state index is 6.83. The minimum atomic E-state index is 0.763. The average molecular weight is 370 g/mol. The maximum Gasteiger partial charge on any atom is 0.160 e. The fourth-order valence-corrected chi connectivity index (χ4v) is 4.61. The monoisotopic (exact) mass is 369 g/mol. The lowest BCUT2D eigenvalue weighted by molar-refractivity contribution is 0.671. The molecule has 0 saturated heterocycles. The maximum atomic E-state index is 6.83. The molecule has 3 aromatic carbocycles. The number of halogens is 1. The summed E-state index contributed by atoms with van der Waals surface area (Å²) in [5, 5.41) is 5.13. The van der Waals surface area contributed by atoms with E-state index in [0.717, 1.165) is 61.6 Å². The Labute approximate surface area is 160 Å². The number of aromatic nitrogens is 1. The number of hydrogen-bond donors (Lipinski definition) is 0. The van der Waals surface area contributed by atoms with Gasteiger partial charge in [-0.3, -0.25) is 0 Å². The molecule has 0 bridgehead atoms. The molecule has 0 spiro atoms. The predicted molar refractivity (Wildman–Crippen MR) is 114 cm³/mol. The van der Waals surface area contributed by atoms with Gasteiger partial charge in [0.05, 0.1) is 16.1 Å². The molecule has 1 aliphatic carbocycles. The highest BCUT2D eigenvalue weighted by atomic mass is 35.5. The first kappa shape index (κ1) is 15.1. The van der Waals surface area contributed by atoms with E-state index in [-0.39, 0.29) is 0 Å². The smallest absolute Gasteiger partial charge is 0.160 e. The molecular formula is C24H16ClNO. The van der Waals surface area contributed by atoms with Gasteiger partial charge in [0.1, 0.15) is 5.58 Å². The van der Waals surface area contributed by atoms with Crippen LogP contribution in [0.2, 0.25) is 5.02 Å². The number of furan rings is 1. The lowest BCUT2D eigenvalue weighted by atomic mass is 10.1.